The van der Waals surface area contributed by atoms with Gasteiger partial charge in [0.1, 0.15) is 30.6 Å². The van der Waals surface area contributed by atoms with Gasteiger partial charge >= 0.3 is 12.1 Å². The molecule has 0 bridgehead atoms. The monoisotopic (exact) mass is 508 g/mol. The molecule has 0 amide bonds. The van der Waals surface area contributed by atoms with Crippen molar-refractivity contribution in [2.75, 3.05) is 13.2 Å². The number of hydroxylamine groups is 1. The van der Waals surface area contributed by atoms with E-state index in [1.54, 1.807) is 25.1 Å². The molecule has 0 saturated carbocycles. The lowest BCUT2D eigenvalue weighted by Gasteiger charge is -2.16. The van der Waals surface area contributed by atoms with Crippen LogP contribution >= 0.6 is 23.2 Å². The van der Waals surface area contributed by atoms with E-state index in [0.29, 0.717) is 21.7 Å². The maximum absolute atomic E-state index is 12.8. The van der Waals surface area contributed by atoms with Gasteiger partial charge < -0.3 is 19.8 Å². The van der Waals surface area contributed by atoms with E-state index in [9.17, 15) is 22.9 Å². The van der Waals surface area contributed by atoms with Crippen LogP contribution in [-0.2, 0) is 20.5 Å². The number of benzene rings is 2. The van der Waals surface area contributed by atoms with Crippen molar-refractivity contribution in [3.63, 3.8) is 0 Å². The zero-order valence-electron chi connectivity index (χ0n) is 16.8. The SMILES string of the molecule is CC1=C(C(=O)OCCOc2ccc(C(F)(F)F)cc2[NH+]=O)C(c2c(Cl)cccc2Cl)NO1.[OH-]. The van der Waals surface area contributed by atoms with Gasteiger partial charge in [0.15, 0.2) is 5.75 Å². The molecule has 33 heavy (non-hydrogen) atoms. The van der Waals surface area contributed by atoms with E-state index >= 15 is 0 Å². The topological polar surface area (TPSA) is 118 Å². The second-order valence-corrected chi connectivity index (χ2v) is 7.37. The van der Waals surface area contributed by atoms with Crippen LogP contribution in [0.5, 0.6) is 5.75 Å². The first kappa shape index (κ1) is 26.4. The van der Waals surface area contributed by atoms with Crippen molar-refractivity contribution in [3.05, 3.63) is 73.8 Å². The quantitative estimate of drug-likeness (QED) is 0.431. The summed E-state index contributed by atoms with van der Waals surface area (Å²) in [6.45, 7) is 1.08. The minimum Gasteiger partial charge on any atom is -0.870 e. The second-order valence-electron chi connectivity index (χ2n) is 6.55. The van der Waals surface area contributed by atoms with Gasteiger partial charge in [-0.1, -0.05) is 29.3 Å². The van der Waals surface area contributed by atoms with Crippen molar-refractivity contribution < 1.29 is 42.9 Å². The predicted molar refractivity (Wildman–Crippen MR) is 110 cm³/mol. The number of rotatable bonds is 7. The molecule has 8 nitrogen and oxygen atoms in total. The first-order valence-electron chi connectivity index (χ1n) is 9.10. The number of hydrogen-bond acceptors (Lipinski definition) is 7. The Labute approximate surface area is 195 Å². The number of allylic oxidation sites excluding steroid dienone is 1. The van der Waals surface area contributed by atoms with E-state index in [1.165, 1.54) is 5.18 Å². The summed E-state index contributed by atoms with van der Waals surface area (Å²) in [5.41, 5.74) is 1.86. The molecule has 0 radical (unpaired) electrons. The normalized spacial score (nSPS) is 15.5. The average molecular weight is 509 g/mol. The molecule has 3 N–H and O–H groups in total. The number of hydrogen-bond donors (Lipinski definition) is 2. The van der Waals surface area contributed by atoms with Gasteiger partial charge in [-0.25, -0.2) is 4.79 Å². The van der Waals surface area contributed by atoms with E-state index in [1.807, 2.05) is 0 Å². The predicted octanol–water partition coefficient (Wildman–Crippen LogP) is 3.79. The van der Waals surface area contributed by atoms with Crippen molar-refractivity contribution in [3.8, 4) is 5.75 Å². The number of ether oxygens (including phenoxy) is 2. The van der Waals surface area contributed by atoms with Crippen molar-refractivity contribution in [1.29, 1.82) is 0 Å². The summed E-state index contributed by atoms with van der Waals surface area (Å²) in [5.74, 6) is -0.588. The number of nitrogens with one attached hydrogen (secondary N) is 2. The van der Waals surface area contributed by atoms with Crippen molar-refractivity contribution in [1.82, 2.24) is 5.48 Å². The molecule has 178 valence electrons. The number of nitroso groups, excluding NO2 is 1. The standard InChI is InChI=1S/C20H15Cl2F3N2O5.H2O/c1-10-16(18(27-32-10)17-12(21)3-2-4-13(17)22)19(28)31-8-7-30-15-6-5-11(20(23,24)25)9-14(15)26-29;/h2-6,9,18,27H,7-8H2,1H3;1H2. The highest BCUT2D eigenvalue weighted by atomic mass is 35.5. The van der Waals surface area contributed by atoms with Crippen LogP contribution < -0.4 is 15.4 Å². The van der Waals surface area contributed by atoms with Gasteiger partial charge in [0.05, 0.1) is 5.56 Å². The van der Waals surface area contributed by atoms with Gasteiger partial charge in [-0.05, 0) is 31.2 Å². The fraction of sp³-hybridized carbons (Fsp3) is 0.250. The number of carbonyl (C=O) groups excluding carboxylic acids is 1. The molecule has 1 aliphatic heterocycles. The molecule has 0 aromatic heterocycles. The van der Waals surface area contributed by atoms with Gasteiger partial charge in [-0.2, -0.15) is 13.2 Å². The average Bonchev–Trinajstić information content (AvgIpc) is 3.11. The minimum atomic E-state index is -4.61. The lowest BCUT2D eigenvalue weighted by atomic mass is 9.99. The maximum atomic E-state index is 12.8. The Hall–Kier alpha value is -2.86. The van der Waals surface area contributed by atoms with Crippen LogP contribution in [0.1, 0.15) is 24.1 Å². The summed E-state index contributed by atoms with van der Waals surface area (Å²) in [7, 11) is 0. The minimum absolute atomic E-state index is 0. The second kappa shape index (κ2) is 10.8. The molecule has 0 saturated heterocycles. The Morgan fingerprint density at radius 2 is 1.85 bits per heavy atom. The molecular formula is C20H17Cl2F3N2O6. The van der Waals surface area contributed by atoms with Crippen molar-refractivity contribution >= 4 is 34.9 Å². The third kappa shape index (κ3) is 5.93. The van der Waals surface area contributed by atoms with Gasteiger partial charge in [-0.15, -0.1) is 5.48 Å². The molecule has 1 aliphatic rings. The summed E-state index contributed by atoms with van der Waals surface area (Å²) in [6, 6.07) is 6.51. The van der Waals surface area contributed by atoms with Crippen LogP contribution in [0.15, 0.2) is 47.7 Å². The summed E-state index contributed by atoms with van der Waals surface area (Å²) < 4.78 is 48.7. The highest BCUT2D eigenvalue weighted by Crippen LogP contribution is 2.38. The van der Waals surface area contributed by atoms with Crippen molar-refractivity contribution in [2.24, 2.45) is 0 Å². The fourth-order valence-electron chi connectivity index (χ4n) is 2.99. The first-order valence-corrected chi connectivity index (χ1v) is 9.85. The Balaban J connectivity index is 0.00000385. The Kier molecular flexibility index (Phi) is 8.67. The first-order chi connectivity index (χ1) is 15.1. The van der Waals surface area contributed by atoms with Gasteiger partial charge in [0.25, 0.3) is 5.69 Å². The number of alkyl halides is 3. The molecule has 0 fully saturated rings. The van der Waals surface area contributed by atoms with Crippen LogP contribution in [0.25, 0.3) is 0 Å². The fourth-order valence-corrected chi connectivity index (χ4v) is 3.61. The zero-order chi connectivity index (χ0) is 23.5. The molecule has 2 aromatic carbocycles. The third-order valence-corrected chi connectivity index (χ3v) is 5.16. The van der Waals surface area contributed by atoms with Crippen molar-refractivity contribution in [2.45, 2.75) is 19.1 Å². The Bertz CT molecular complexity index is 1060. The summed E-state index contributed by atoms with van der Waals surface area (Å²) >= 11 is 12.4. The van der Waals surface area contributed by atoms with Crippen LogP contribution in [0.2, 0.25) is 10.0 Å². The number of esters is 1. The molecule has 2 aromatic rings. The van der Waals surface area contributed by atoms with E-state index in [-0.39, 0.29) is 35.8 Å². The van der Waals surface area contributed by atoms with E-state index < -0.39 is 29.4 Å². The maximum Gasteiger partial charge on any atom is 0.416 e. The van der Waals surface area contributed by atoms with Gasteiger partial charge in [0.2, 0.25) is 0 Å². The van der Waals surface area contributed by atoms with E-state index in [4.69, 9.17) is 37.5 Å². The van der Waals surface area contributed by atoms with Crippen LogP contribution in [0, 0.1) is 4.91 Å². The van der Waals surface area contributed by atoms with E-state index in [2.05, 4.69) is 5.48 Å². The third-order valence-electron chi connectivity index (χ3n) is 4.50. The van der Waals surface area contributed by atoms with Crippen LogP contribution in [0.3, 0.4) is 0 Å². The lowest BCUT2D eigenvalue weighted by Crippen LogP contribution is -2.56. The smallest absolute Gasteiger partial charge is 0.416 e. The molecule has 3 rings (SSSR count). The number of halogens is 5. The zero-order valence-corrected chi connectivity index (χ0v) is 18.3. The highest BCUT2D eigenvalue weighted by molar-refractivity contribution is 6.36. The number of carbonyl (C=O) groups is 1. The summed E-state index contributed by atoms with van der Waals surface area (Å²) in [4.78, 5) is 28.9. The summed E-state index contributed by atoms with van der Waals surface area (Å²) in [5, 5.41) is 2.05. The lowest BCUT2D eigenvalue weighted by molar-refractivity contribution is -0.380. The van der Waals surface area contributed by atoms with Crippen LogP contribution in [0.4, 0.5) is 18.9 Å². The molecule has 1 unspecified atom stereocenters. The van der Waals surface area contributed by atoms with Gasteiger partial charge in [0, 0.05) is 31.8 Å². The molecule has 1 heterocycles. The molecule has 13 heteroatoms. The summed E-state index contributed by atoms with van der Waals surface area (Å²) in [6.07, 6.45) is -4.61. The van der Waals surface area contributed by atoms with E-state index in [0.717, 1.165) is 12.1 Å². The largest absolute Gasteiger partial charge is 0.870 e. The Morgan fingerprint density at radius 3 is 2.45 bits per heavy atom. The molecule has 0 spiro atoms. The molecule has 0 aliphatic carbocycles. The molecule has 1 atom stereocenters. The molecular weight excluding hydrogens is 492 g/mol. The highest BCUT2D eigenvalue weighted by Gasteiger charge is 2.36. The van der Waals surface area contributed by atoms with Crippen LogP contribution in [-0.4, -0.2) is 24.7 Å². The van der Waals surface area contributed by atoms with Gasteiger partial charge in [-0.3, -0.25) is 0 Å². The Morgan fingerprint density at radius 1 is 1.18 bits per heavy atom.